The monoisotopic (exact) mass is 455 g/mol. The standard InChI is InChI=1S/C25H33N3O3S/c1-5-10-22(25(30)31)27(8-4)24(29)17-12-13-21-20(15-17)26-23(16-19-11-9-14-32-19)28(21)18(6-2)7-3/h9,11-15,18,22H,5-8,10,16H2,1-4H3,(H,30,31). The highest BCUT2D eigenvalue weighted by Gasteiger charge is 2.29. The molecule has 1 N–H and O–H groups in total. The van der Waals surface area contributed by atoms with Gasteiger partial charge in [0.1, 0.15) is 11.9 Å². The quantitative estimate of drug-likeness (QED) is 0.398. The van der Waals surface area contributed by atoms with E-state index >= 15 is 0 Å². The molecule has 0 spiro atoms. The predicted octanol–water partition coefficient (Wildman–Crippen LogP) is 5.77. The molecule has 1 amide bonds. The molecule has 1 aromatic carbocycles. The van der Waals surface area contributed by atoms with Crippen molar-refractivity contribution >= 4 is 34.2 Å². The van der Waals surface area contributed by atoms with Gasteiger partial charge in [0, 0.05) is 29.4 Å². The third-order valence-electron chi connectivity index (χ3n) is 6.05. The van der Waals surface area contributed by atoms with Crippen LogP contribution in [0.25, 0.3) is 11.0 Å². The molecule has 0 aliphatic rings. The maximum Gasteiger partial charge on any atom is 0.326 e. The molecule has 0 saturated carbocycles. The molecular weight excluding hydrogens is 422 g/mol. The Bertz CT molecular complexity index is 1050. The normalized spacial score (nSPS) is 12.4. The van der Waals surface area contributed by atoms with Crippen molar-refractivity contribution in [2.45, 2.75) is 71.9 Å². The number of rotatable bonds is 11. The lowest BCUT2D eigenvalue weighted by atomic mass is 10.1. The van der Waals surface area contributed by atoms with Crippen molar-refractivity contribution in [3.8, 4) is 0 Å². The average molecular weight is 456 g/mol. The number of aliphatic carboxylic acids is 1. The van der Waals surface area contributed by atoms with E-state index in [0.29, 0.717) is 31.0 Å². The van der Waals surface area contributed by atoms with E-state index in [0.717, 1.165) is 36.1 Å². The Morgan fingerprint density at radius 1 is 1.16 bits per heavy atom. The molecular formula is C25H33N3O3S. The largest absolute Gasteiger partial charge is 0.480 e. The number of hydrogen-bond donors (Lipinski definition) is 1. The number of hydrogen-bond acceptors (Lipinski definition) is 4. The third-order valence-corrected chi connectivity index (χ3v) is 6.93. The Labute approximate surface area is 193 Å². The van der Waals surface area contributed by atoms with Gasteiger partial charge in [-0.05, 0) is 55.8 Å². The summed E-state index contributed by atoms with van der Waals surface area (Å²) in [6, 6.07) is 9.30. The van der Waals surface area contributed by atoms with Gasteiger partial charge in [-0.1, -0.05) is 33.3 Å². The number of carbonyl (C=O) groups is 2. The van der Waals surface area contributed by atoms with Gasteiger partial charge >= 0.3 is 5.97 Å². The molecule has 0 bridgehead atoms. The van der Waals surface area contributed by atoms with E-state index in [9.17, 15) is 14.7 Å². The number of nitrogens with zero attached hydrogens (tertiary/aromatic N) is 3. The number of thiophene rings is 1. The second kappa shape index (κ2) is 10.8. The van der Waals surface area contributed by atoms with Crippen molar-refractivity contribution in [1.82, 2.24) is 14.5 Å². The van der Waals surface area contributed by atoms with Crippen LogP contribution in [0.2, 0.25) is 0 Å². The van der Waals surface area contributed by atoms with Crippen LogP contribution in [0.3, 0.4) is 0 Å². The summed E-state index contributed by atoms with van der Waals surface area (Å²) >= 11 is 1.72. The first kappa shape index (κ1) is 24.0. The first-order chi connectivity index (χ1) is 15.4. The van der Waals surface area contributed by atoms with Crippen LogP contribution in [0.5, 0.6) is 0 Å². The second-order valence-corrected chi connectivity index (χ2v) is 9.09. The summed E-state index contributed by atoms with van der Waals surface area (Å²) in [5, 5.41) is 11.7. The molecule has 0 fully saturated rings. The third kappa shape index (κ3) is 4.88. The molecule has 2 heterocycles. The fourth-order valence-electron chi connectivity index (χ4n) is 4.39. The molecule has 1 atom stereocenters. The molecule has 172 valence electrons. The van der Waals surface area contributed by atoms with Crippen molar-refractivity contribution in [1.29, 1.82) is 0 Å². The minimum absolute atomic E-state index is 0.257. The van der Waals surface area contributed by atoms with Crippen LogP contribution in [0.15, 0.2) is 35.7 Å². The summed E-state index contributed by atoms with van der Waals surface area (Å²) in [5.74, 6) is -0.214. The van der Waals surface area contributed by atoms with E-state index in [1.807, 2.05) is 32.0 Å². The Morgan fingerprint density at radius 2 is 1.91 bits per heavy atom. The molecule has 1 unspecified atom stereocenters. The first-order valence-corrected chi connectivity index (χ1v) is 12.4. The van der Waals surface area contributed by atoms with Crippen molar-refractivity contribution < 1.29 is 14.7 Å². The van der Waals surface area contributed by atoms with Crippen LogP contribution in [0.4, 0.5) is 0 Å². The molecule has 0 aliphatic heterocycles. The van der Waals surface area contributed by atoms with Gasteiger partial charge in [0.05, 0.1) is 11.0 Å². The van der Waals surface area contributed by atoms with Gasteiger partial charge < -0.3 is 14.6 Å². The topological polar surface area (TPSA) is 75.4 Å². The van der Waals surface area contributed by atoms with Gasteiger partial charge in [-0.15, -0.1) is 11.3 Å². The van der Waals surface area contributed by atoms with Crippen LogP contribution in [0, 0.1) is 0 Å². The first-order valence-electron chi connectivity index (χ1n) is 11.5. The highest BCUT2D eigenvalue weighted by molar-refractivity contribution is 7.09. The maximum atomic E-state index is 13.3. The summed E-state index contributed by atoms with van der Waals surface area (Å²) in [7, 11) is 0. The molecule has 6 nitrogen and oxygen atoms in total. The molecule has 3 rings (SSSR count). The van der Waals surface area contributed by atoms with Gasteiger partial charge in [0.25, 0.3) is 5.91 Å². The number of carbonyl (C=O) groups excluding carboxylic acids is 1. The lowest BCUT2D eigenvalue weighted by Gasteiger charge is -2.27. The van der Waals surface area contributed by atoms with Crippen molar-refractivity contribution in [2.24, 2.45) is 0 Å². The maximum absolute atomic E-state index is 13.3. The minimum atomic E-state index is -0.959. The van der Waals surface area contributed by atoms with Gasteiger partial charge in [-0.2, -0.15) is 0 Å². The molecule has 3 aromatic rings. The number of carboxylic acid groups (broad SMARTS) is 1. The number of likely N-dealkylation sites (N-methyl/N-ethyl adjacent to an activating group) is 1. The Balaban J connectivity index is 2.04. The van der Waals surface area contributed by atoms with Gasteiger partial charge in [0.2, 0.25) is 0 Å². The summed E-state index contributed by atoms with van der Waals surface area (Å²) in [5.41, 5.74) is 2.29. The van der Waals surface area contributed by atoms with Gasteiger partial charge in [-0.3, -0.25) is 4.79 Å². The van der Waals surface area contributed by atoms with E-state index in [1.54, 1.807) is 11.3 Å². The summed E-state index contributed by atoms with van der Waals surface area (Å²) < 4.78 is 2.32. The number of carboxylic acids is 1. The number of aromatic nitrogens is 2. The van der Waals surface area contributed by atoms with Crippen molar-refractivity contribution in [2.75, 3.05) is 6.54 Å². The summed E-state index contributed by atoms with van der Waals surface area (Å²) in [6.07, 6.45) is 3.89. The highest BCUT2D eigenvalue weighted by Crippen LogP contribution is 2.29. The van der Waals surface area contributed by atoms with E-state index < -0.39 is 12.0 Å². The molecule has 0 radical (unpaired) electrons. The number of fused-ring (bicyclic) bond motifs is 1. The Morgan fingerprint density at radius 3 is 2.47 bits per heavy atom. The van der Waals surface area contributed by atoms with E-state index in [-0.39, 0.29) is 5.91 Å². The smallest absolute Gasteiger partial charge is 0.326 e. The molecule has 7 heteroatoms. The van der Waals surface area contributed by atoms with Gasteiger partial charge in [0.15, 0.2) is 0 Å². The van der Waals surface area contributed by atoms with Gasteiger partial charge in [-0.25, -0.2) is 9.78 Å². The molecule has 0 saturated heterocycles. The van der Waals surface area contributed by atoms with Crippen LogP contribution < -0.4 is 0 Å². The molecule has 0 aliphatic carbocycles. The Hall–Kier alpha value is -2.67. The predicted molar refractivity (Wildman–Crippen MR) is 130 cm³/mol. The summed E-state index contributed by atoms with van der Waals surface area (Å²) in [6.45, 7) is 8.47. The summed E-state index contributed by atoms with van der Waals surface area (Å²) in [4.78, 5) is 32.7. The highest BCUT2D eigenvalue weighted by atomic mass is 32.1. The SMILES string of the molecule is CCCC(C(=O)O)N(CC)C(=O)c1ccc2c(c1)nc(Cc1cccs1)n2C(CC)CC. The number of imidazole rings is 1. The van der Waals surface area contributed by atoms with E-state index in [2.05, 4.69) is 35.9 Å². The van der Waals surface area contributed by atoms with Crippen molar-refractivity contribution in [3.05, 3.63) is 52.0 Å². The van der Waals surface area contributed by atoms with Crippen LogP contribution in [0.1, 0.15) is 80.5 Å². The zero-order valence-corrected chi connectivity index (χ0v) is 20.2. The second-order valence-electron chi connectivity index (χ2n) is 8.06. The Kier molecular flexibility index (Phi) is 8.07. The van der Waals surface area contributed by atoms with Crippen LogP contribution >= 0.6 is 11.3 Å². The molecule has 32 heavy (non-hydrogen) atoms. The lowest BCUT2D eigenvalue weighted by molar-refractivity contribution is -0.142. The fourth-order valence-corrected chi connectivity index (χ4v) is 5.10. The zero-order chi connectivity index (χ0) is 23.3. The van der Waals surface area contributed by atoms with Crippen LogP contribution in [-0.2, 0) is 11.2 Å². The van der Waals surface area contributed by atoms with E-state index in [4.69, 9.17) is 4.98 Å². The molecule has 2 aromatic heterocycles. The number of amides is 1. The van der Waals surface area contributed by atoms with E-state index in [1.165, 1.54) is 9.78 Å². The average Bonchev–Trinajstić information content (AvgIpc) is 3.42. The zero-order valence-electron chi connectivity index (χ0n) is 19.4. The fraction of sp³-hybridized carbons (Fsp3) is 0.480. The van der Waals surface area contributed by atoms with Crippen molar-refractivity contribution in [3.63, 3.8) is 0 Å². The minimum Gasteiger partial charge on any atom is -0.480 e. The van der Waals surface area contributed by atoms with Crippen LogP contribution in [-0.4, -0.2) is 44.0 Å². The number of benzene rings is 1. The lowest BCUT2D eigenvalue weighted by Crippen LogP contribution is -2.44.